The molecule has 0 atom stereocenters. The molecule has 0 bridgehead atoms. The molecule has 0 spiro atoms. The first-order valence-corrected chi connectivity index (χ1v) is 13.2. The Kier molecular flexibility index (Phi) is 7.22. The van der Waals surface area contributed by atoms with Gasteiger partial charge in [0.05, 0.1) is 11.7 Å². The highest BCUT2D eigenvalue weighted by atomic mass is 31.2. The van der Waals surface area contributed by atoms with Crippen LogP contribution in [-0.2, 0) is 0 Å². The number of carbonyl (C=O) groups is 1. The van der Waals surface area contributed by atoms with E-state index in [1.807, 2.05) is 13.1 Å². The predicted octanol–water partition coefficient (Wildman–Crippen LogP) is 5.03. The molecule has 0 saturated heterocycles. The van der Waals surface area contributed by atoms with E-state index in [4.69, 9.17) is 0 Å². The maximum absolute atomic E-state index is 11.0. The molecule has 3 nitrogen and oxygen atoms in total. The van der Waals surface area contributed by atoms with Gasteiger partial charge in [0.1, 0.15) is 28.9 Å². The van der Waals surface area contributed by atoms with Gasteiger partial charge in [0, 0.05) is 25.3 Å². The van der Waals surface area contributed by atoms with Gasteiger partial charge in [-0.15, -0.1) is 0 Å². The second-order valence-corrected chi connectivity index (χ2v) is 11.8. The molecular weight excluding hydrogens is 425 g/mol. The lowest BCUT2D eigenvalue weighted by Gasteiger charge is -2.29. The van der Waals surface area contributed by atoms with Crippen molar-refractivity contribution in [3.63, 3.8) is 0 Å². The average Bonchev–Trinajstić information content (AvgIpc) is 2.88. The summed E-state index contributed by atoms with van der Waals surface area (Å²) in [7, 11) is 0.185. The number of carbonyl (C=O) groups excluding carboxylic acids is 1. The first-order chi connectivity index (χ1) is 16.1. The summed E-state index contributed by atoms with van der Waals surface area (Å²) in [6, 6.07) is 37.9. The molecule has 0 radical (unpaired) electrons. The number of hydrogen-bond donors (Lipinski definition) is 1. The Labute approximate surface area is 196 Å². The van der Waals surface area contributed by atoms with Gasteiger partial charge in [-0.05, 0) is 55.0 Å². The van der Waals surface area contributed by atoms with E-state index in [-0.39, 0.29) is 5.75 Å². The minimum absolute atomic E-state index is 0.0223. The number of aromatic hydroxyl groups is 1. The number of rotatable bonds is 9. The highest BCUT2D eigenvalue weighted by molar-refractivity contribution is 7.95. The minimum atomic E-state index is -1.85. The van der Waals surface area contributed by atoms with Crippen LogP contribution in [0.25, 0.3) is 0 Å². The molecule has 0 aliphatic carbocycles. The van der Waals surface area contributed by atoms with Crippen LogP contribution >= 0.6 is 7.26 Å². The van der Waals surface area contributed by atoms with Crippen molar-refractivity contribution in [3.8, 4) is 5.75 Å². The molecule has 4 rings (SSSR count). The summed E-state index contributed by atoms with van der Waals surface area (Å²) in [6.07, 6.45) is 2.70. The van der Waals surface area contributed by atoms with Crippen molar-refractivity contribution in [1.82, 2.24) is 0 Å². The van der Waals surface area contributed by atoms with Gasteiger partial charge in [0.25, 0.3) is 0 Å². The molecule has 33 heavy (non-hydrogen) atoms. The van der Waals surface area contributed by atoms with Crippen LogP contribution in [0.3, 0.4) is 0 Å². The van der Waals surface area contributed by atoms with Crippen molar-refractivity contribution in [3.05, 3.63) is 115 Å². The van der Waals surface area contributed by atoms with Crippen molar-refractivity contribution in [2.24, 2.45) is 0 Å². The van der Waals surface area contributed by atoms with E-state index in [1.165, 1.54) is 15.9 Å². The zero-order valence-corrected chi connectivity index (χ0v) is 19.7. The van der Waals surface area contributed by atoms with Crippen molar-refractivity contribution in [2.45, 2.75) is 6.42 Å². The molecule has 0 aromatic heterocycles. The van der Waals surface area contributed by atoms with Crippen LogP contribution in [0.1, 0.15) is 16.8 Å². The van der Waals surface area contributed by atoms with E-state index in [0.717, 1.165) is 24.8 Å². The zero-order chi connectivity index (χ0) is 23.1. The number of phenolic OH excluding ortho intramolecular Hbond substituents is 1. The number of aldehydes is 1. The minimum Gasteiger partial charge on any atom is -0.507 e. The van der Waals surface area contributed by atoms with Crippen LogP contribution in [0.15, 0.2) is 109 Å². The first-order valence-electron chi connectivity index (χ1n) is 11.2. The Hall–Kier alpha value is -3.42. The third-order valence-electron chi connectivity index (χ3n) is 6.16. The molecule has 0 amide bonds. The van der Waals surface area contributed by atoms with Crippen molar-refractivity contribution in [1.29, 1.82) is 0 Å². The highest BCUT2D eigenvalue weighted by Crippen LogP contribution is 2.55. The molecule has 4 aromatic rings. The lowest BCUT2D eigenvalue weighted by Crippen LogP contribution is -2.34. The fourth-order valence-electron chi connectivity index (χ4n) is 4.43. The van der Waals surface area contributed by atoms with Crippen LogP contribution in [0.5, 0.6) is 5.75 Å². The average molecular weight is 455 g/mol. The predicted molar refractivity (Wildman–Crippen MR) is 141 cm³/mol. The Morgan fingerprint density at radius 2 is 1.24 bits per heavy atom. The number of anilines is 1. The van der Waals surface area contributed by atoms with Gasteiger partial charge in [0.2, 0.25) is 0 Å². The van der Waals surface area contributed by atoms with Crippen molar-refractivity contribution < 1.29 is 9.90 Å². The zero-order valence-electron chi connectivity index (χ0n) is 18.8. The van der Waals surface area contributed by atoms with Crippen molar-refractivity contribution >= 4 is 35.1 Å². The van der Waals surface area contributed by atoms with E-state index in [1.54, 1.807) is 12.1 Å². The third kappa shape index (κ3) is 4.84. The first kappa shape index (κ1) is 22.8. The lowest BCUT2D eigenvalue weighted by atomic mass is 10.2. The lowest BCUT2D eigenvalue weighted by molar-refractivity contribution is 0.112. The summed E-state index contributed by atoms with van der Waals surface area (Å²) in [6.45, 7) is 0.841. The summed E-state index contributed by atoms with van der Waals surface area (Å²) < 4.78 is 0. The molecule has 0 unspecified atom stereocenters. The molecule has 0 aliphatic heterocycles. The molecule has 4 aromatic carbocycles. The fraction of sp³-hybridized carbons (Fsp3) is 0.138. The molecule has 0 heterocycles. The Bertz CT molecular complexity index is 1080. The second kappa shape index (κ2) is 10.5. The summed E-state index contributed by atoms with van der Waals surface area (Å²) in [4.78, 5) is 13.2. The van der Waals surface area contributed by atoms with Gasteiger partial charge >= 0.3 is 0 Å². The largest absolute Gasteiger partial charge is 0.507 e. The maximum Gasteiger partial charge on any atom is 0.153 e. The smallest absolute Gasteiger partial charge is 0.153 e. The van der Waals surface area contributed by atoms with Crippen LogP contribution in [-0.4, -0.2) is 31.1 Å². The Morgan fingerprint density at radius 1 is 0.758 bits per heavy atom. The van der Waals surface area contributed by atoms with E-state index in [0.29, 0.717) is 11.8 Å². The van der Waals surface area contributed by atoms with E-state index in [9.17, 15) is 9.90 Å². The van der Waals surface area contributed by atoms with E-state index in [2.05, 4.69) is 95.9 Å². The topological polar surface area (TPSA) is 40.5 Å². The molecule has 1 N–H and O–H groups in total. The van der Waals surface area contributed by atoms with Crippen LogP contribution in [0, 0.1) is 0 Å². The monoisotopic (exact) mass is 454 g/mol. The summed E-state index contributed by atoms with van der Waals surface area (Å²) in [5, 5.41) is 14.2. The van der Waals surface area contributed by atoms with Gasteiger partial charge < -0.3 is 10.0 Å². The van der Waals surface area contributed by atoms with Gasteiger partial charge in [-0.1, -0.05) is 54.6 Å². The fourth-order valence-corrected chi connectivity index (χ4v) is 8.75. The molecule has 4 heteroatoms. The van der Waals surface area contributed by atoms with Crippen LogP contribution < -0.4 is 20.8 Å². The molecule has 0 aliphatic rings. The normalized spacial score (nSPS) is 11.2. The third-order valence-corrected chi connectivity index (χ3v) is 10.7. The molecule has 0 fully saturated rings. The Morgan fingerprint density at radius 3 is 1.67 bits per heavy atom. The summed E-state index contributed by atoms with van der Waals surface area (Å²) in [5.74, 6) is 0.0223. The molecule has 166 valence electrons. The van der Waals surface area contributed by atoms with E-state index < -0.39 is 7.26 Å². The summed E-state index contributed by atoms with van der Waals surface area (Å²) >= 11 is 0. The maximum atomic E-state index is 11.0. The summed E-state index contributed by atoms with van der Waals surface area (Å²) in [5.41, 5.74) is 1.22. The van der Waals surface area contributed by atoms with Gasteiger partial charge in [0.15, 0.2) is 6.29 Å². The van der Waals surface area contributed by atoms with Gasteiger partial charge in [-0.2, -0.15) is 0 Å². The SMILES string of the molecule is CN(CCC[P+](c1ccccc1)(c1ccccc1)c1ccccc1)c1ccc(C=O)c(O)c1. The molecular formula is C29H29NO2P+. The molecule has 0 saturated carbocycles. The van der Waals surface area contributed by atoms with Crippen molar-refractivity contribution in [2.75, 3.05) is 24.7 Å². The quantitative estimate of drug-likeness (QED) is 0.285. The van der Waals surface area contributed by atoms with Crippen LogP contribution in [0.4, 0.5) is 5.69 Å². The number of phenols is 1. The van der Waals surface area contributed by atoms with Crippen LogP contribution in [0.2, 0.25) is 0 Å². The van der Waals surface area contributed by atoms with E-state index >= 15 is 0 Å². The second-order valence-electron chi connectivity index (χ2n) is 8.18. The number of nitrogens with zero attached hydrogens (tertiary/aromatic N) is 1. The number of benzene rings is 4. The van der Waals surface area contributed by atoms with Gasteiger partial charge in [-0.3, -0.25) is 4.79 Å². The standard InChI is InChI=1S/C29H28NO2P/c1-30(25-19-18-24(23-31)29(32)22-25)20-11-21-33(26-12-5-2-6-13-26,27-14-7-3-8-15-27)28-16-9-4-10-17-28/h2-10,12-19,22-23H,11,20-21H2,1H3/p+1. The van der Waals surface area contributed by atoms with Gasteiger partial charge in [-0.25, -0.2) is 0 Å². The number of hydrogen-bond acceptors (Lipinski definition) is 3. The Balaban J connectivity index is 1.67. The highest BCUT2D eigenvalue weighted by Gasteiger charge is 2.44.